The number of carbonyl (C=O) groups excluding carboxylic acids is 1. The minimum atomic E-state index is -3.62. The fourth-order valence-corrected chi connectivity index (χ4v) is 2.52. The highest BCUT2D eigenvalue weighted by molar-refractivity contribution is 7.88. The average Bonchev–Trinajstić information content (AvgIpc) is 2.41. The Morgan fingerprint density at radius 2 is 1.91 bits per heavy atom. The van der Waals surface area contributed by atoms with E-state index in [2.05, 4.69) is 0 Å². The molecular formula is C13H18F2N2O4S. The van der Waals surface area contributed by atoms with Crippen LogP contribution in [0.5, 0.6) is 0 Å². The average molecular weight is 336 g/mol. The Labute approximate surface area is 128 Å². The maximum atomic E-state index is 13.4. The van der Waals surface area contributed by atoms with E-state index in [1.807, 2.05) is 5.32 Å². The molecule has 0 aliphatic carbocycles. The molecular weight excluding hydrogens is 318 g/mol. The van der Waals surface area contributed by atoms with Crippen molar-refractivity contribution in [3.63, 3.8) is 0 Å². The van der Waals surface area contributed by atoms with Gasteiger partial charge in [-0.1, -0.05) is 6.07 Å². The Balaban J connectivity index is 2.75. The van der Waals surface area contributed by atoms with Crippen LogP contribution >= 0.6 is 0 Å². The van der Waals surface area contributed by atoms with Gasteiger partial charge in [-0.25, -0.2) is 17.2 Å². The Morgan fingerprint density at radius 1 is 1.32 bits per heavy atom. The quantitative estimate of drug-likeness (QED) is 0.724. The molecule has 22 heavy (non-hydrogen) atoms. The fraction of sp³-hybridized carbons (Fsp3) is 0.462. The molecule has 0 fully saturated rings. The van der Waals surface area contributed by atoms with Crippen molar-refractivity contribution in [2.24, 2.45) is 0 Å². The molecule has 0 aromatic heterocycles. The Kier molecular flexibility index (Phi) is 6.85. The summed E-state index contributed by atoms with van der Waals surface area (Å²) < 4.78 is 55.8. The molecule has 0 unspecified atom stereocenters. The van der Waals surface area contributed by atoms with Crippen LogP contribution in [0.4, 0.5) is 14.5 Å². The summed E-state index contributed by atoms with van der Waals surface area (Å²) in [4.78, 5) is 11.8. The SMILES string of the molecule is COCCCN(CC(=O)Nc1c(F)cccc1F)S(C)(=O)=O. The Bertz CT molecular complexity index is 602. The molecule has 0 heterocycles. The van der Waals surface area contributed by atoms with Gasteiger partial charge in [0.15, 0.2) is 0 Å². The summed E-state index contributed by atoms with van der Waals surface area (Å²) in [7, 11) is -2.15. The molecule has 1 N–H and O–H groups in total. The third-order valence-corrected chi connectivity index (χ3v) is 4.02. The van der Waals surface area contributed by atoms with E-state index >= 15 is 0 Å². The van der Waals surface area contributed by atoms with Crippen LogP contribution in [-0.4, -0.2) is 51.7 Å². The van der Waals surface area contributed by atoms with Gasteiger partial charge < -0.3 is 10.1 Å². The lowest BCUT2D eigenvalue weighted by molar-refractivity contribution is -0.116. The van der Waals surface area contributed by atoms with Crippen LogP contribution in [0.25, 0.3) is 0 Å². The number of amides is 1. The number of halogens is 2. The number of hydrogen-bond donors (Lipinski definition) is 1. The van der Waals surface area contributed by atoms with E-state index < -0.39 is 39.8 Å². The molecule has 9 heteroatoms. The molecule has 1 amide bonds. The van der Waals surface area contributed by atoms with Crippen LogP contribution in [0, 0.1) is 11.6 Å². The van der Waals surface area contributed by atoms with Crippen LogP contribution in [0.1, 0.15) is 6.42 Å². The summed E-state index contributed by atoms with van der Waals surface area (Å²) >= 11 is 0. The van der Waals surface area contributed by atoms with Gasteiger partial charge in [-0.15, -0.1) is 0 Å². The topological polar surface area (TPSA) is 75.7 Å². The zero-order valence-corrected chi connectivity index (χ0v) is 13.1. The predicted octanol–water partition coefficient (Wildman–Crippen LogP) is 1.20. The van der Waals surface area contributed by atoms with Crippen molar-refractivity contribution in [1.29, 1.82) is 0 Å². The first kappa shape index (κ1) is 18.5. The maximum absolute atomic E-state index is 13.4. The highest BCUT2D eigenvalue weighted by Crippen LogP contribution is 2.18. The van der Waals surface area contributed by atoms with Crippen molar-refractivity contribution in [3.8, 4) is 0 Å². The van der Waals surface area contributed by atoms with Gasteiger partial charge in [-0.2, -0.15) is 4.31 Å². The molecule has 6 nitrogen and oxygen atoms in total. The number of methoxy groups -OCH3 is 1. The standard InChI is InChI=1S/C13H18F2N2O4S/c1-21-8-4-7-17(22(2,19)20)9-12(18)16-13-10(14)5-3-6-11(13)15/h3,5-6H,4,7-9H2,1-2H3,(H,16,18). The first-order valence-electron chi connectivity index (χ1n) is 6.43. The molecule has 0 spiro atoms. The monoisotopic (exact) mass is 336 g/mol. The number of carbonyl (C=O) groups is 1. The number of sulfonamides is 1. The van der Waals surface area contributed by atoms with Crippen molar-refractivity contribution < 1.29 is 26.7 Å². The van der Waals surface area contributed by atoms with Crippen LogP contribution in [0.2, 0.25) is 0 Å². The van der Waals surface area contributed by atoms with Crippen LogP contribution in [0.15, 0.2) is 18.2 Å². The lowest BCUT2D eigenvalue weighted by Crippen LogP contribution is -2.38. The molecule has 1 aromatic carbocycles. The molecule has 0 bridgehead atoms. The van der Waals surface area contributed by atoms with Gasteiger partial charge in [0.25, 0.3) is 0 Å². The summed E-state index contributed by atoms with van der Waals surface area (Å²) in [6.07, 6.45) is 1.35. The molecule has 0 atom stereocenters. The van der Waals surface area contributed by atoms with Crippen molar-refractivity contribution in [1.82, 2.24) is 4.31 Å². The van der Waals surface area contributed by atoms with E-state index in [0.717, 1.165) is 28.8 Å². The largest absolute Gasteiger partial charge is 0.385 e. The van der Waals surface area contributed by atoms with Crippen molar-refractivity contribution >= 4 is 21.6 Å². The molecule has 0 radical (unpaired) electrons. The number of benzene rings is 1. The van der Waals surface area contributed by atoms with E-state index in [4.69, 9.17) is 4.74 Å². The molecule has 0 aliphatic rings. The van der Waals surface area contributed by atoms with Crippen molar-refractivity contribution in [2.45, 2.75) is 6.42 Å². The van der Waals surface area contributed by atoms with Gasteiger partial charge in [-0.3, -0.25) is 4.79 Å². The Morgan fingerprint density at radius 3 is 2.41 bits per heavy atom. The van der Waals surface area contributed by atoms with E-state index in [-0.39, 0.29) is 6.54 Å². The van der Waals surface area contributed by atoms with E-state index in [0.29, 0.717) is 13.0 Å². The van der Waals surface area contributed by atoms with Crippen LogP contribution in [0.3, 0.4) is 0 Å². The van der Waals surface area contributed by atoms with Crippen molar-refractivity contribution in [2.75, 3.05) is 38.4 Å². The normalized spacial score (nSPS) is 11.7. The third-order valence-electron chi connectivity index (χ3n) is 2.77. The first-order chi connectivity index (χ1) is 10.3. The van der Waals surface area contributed by atoms with E-state index in [9.17, 15) is 22.0 Å². The minimum absolute atomic E-state index is 0.0693. The first-order valence-corrected chi connectivity index (χ1v) is 8.28. The molecule has 0 aliphatic heterocycles. The molecule has 0 saturated carbocycles. The van der Waals surface area contributed by atoms with Gasteiger partial charge in [0.05, 0.1) is 12.8 Å². The number of hydrogen-bond acceptors (Lipinski definition) is 4. The Hall–Kier alpha value is -1.58. The van der Waals surface area contributed by atoms with Crippen LogP contribution in [-0.2, 0) is 19.6 Å². The second kappa shape index (κ2) is 8.16. The van der Waals surface area contributed by atoms with Crippen molar-refractivity contribution in [3.05, 3.63) is 29.8 Å². The highest BCUT2D eigenvalue weighted by atomic mass is 32.2. The second-order valence-corrected chi connectivity index (χ2v) is 6.57. The molecule has 1 aromatic rings. The lowest BCUT2D eigenvalue weighted by atomic mass is 10.3. The second-order valence-electron chi connectivity index (χ2n) is 4.59. The highest BCUT2D eigenvalue weighted by Gasteiger charge is 2.21. The molecule has 1 rings (SSSR count). The predicted molar refractivity (Wildman–Crippen MR) is 77.9 cm³/mol. The zero-order valence-electron chi connectivity index (χ0n) is 12.3. The smallest absolute Gasteiger partial charge is 0.239 e. The summed E-state index contributed by atoms with van der Waals surface area (Å²) in [6, 6.07) is 3.14. The number of nitrogens with one attached hydrogen (secondary N) is 1. The summed E-state index contributed by atoms with van der Waals surface area (Å²) in [6.45, 7) is -0.133. The summed E-state index contributed by atoms with van der Waals surface area (Å²) in [5.74, 6) is -2.69. The number of rotatable bonds is 8. The van der Waals surface area contributed by atoms with E-state index in [1.165, 1.54) is 7.11 Å². The number of ether oxygens (including phenoxy) is 1. The zero-order chi connectivity index (χ0) is 16.8. The van der Waals surface area contributed by atoms with Crippen LogP contribution < -0.4 is 5.32 Å². The molecule has 124 valence electrons. The van der Waals surface area contributed by atoms with Gasteiger partial charge in [-0.05, 0) is 18.6 Å². The maximum Gasteiger partial charge on any atom is 0.239 e. The number of para-hydroxylation sites is 1. The lowest BCUT2D eigenvalue weighted by Gasteiger charge is -2.19. The van der Waals surface area contributed by atoms with E-state index in [1.54, 1.807) is 0 Å². The third kappa shape index (κ3) is 5.66. The fourth-order valence-electron chi connectivity index (χ4n) is 1.70. The summed E-state index contributed by atoms with van der Waals surface area (Å²) in [5.41, 5.74) is -0.599. The minimum Gasteiger partial charge on any atom is -0.385 e. The van der Waals surface area contributed by atoms with Gasteiger partial charge in [0, 0.05) is 20.3 Å². The van der Waals surface area contributed by atoms with Gasteiger partial charge >= 0.3 is 0 Å². The van der Waals surface area contributed by atoms with Gasteiger partial charge in [0.1, 0.15) is 17.3 Å². The summed E-state index contributed by atoms with van der Waals surface area (Å²) in [5, 5.41) is 2.05. The van der Waals surface area contributed by atoms with Gasteiger partial charge in [0.2, 0.25) is 15.9 Å². The number of nitrogens with zero attached hydrogens (tertiary/aromatic N) is 1. The molecule has 0 saturated heterocycles. The number of anilines is 1.